The quantitative estimate of drug-likeness (QED) is 0.609. The lowest BCUT2D eigenvalue weighted by atomic mass is 9.92. The van der Waals surface area contributed by atoms with Crippen molar-refractivity contribution in [3.8, 4) is 5.69 Å². The van der Waals surface area contributed by atoms with E-state index >= 15 is 0 Å². The summed E-state index contributed by atoms with van der Waals surface area (Å²) in [6.07, 6.45) is 6.41. The molecular formula is C20H26N8O. The van der Waals surface area contributed by atoms with Crippen molar-refractivity contribution in [3.63, 3.8) is 0 Å². The average molecular weight is 394 g/mol. The minimum absolute atomic E-state index is 0.239. The first kappa shape index (κ1) is 18.3. The van der Waals surface area contributed by atoms with Crippen LogP contribution in [0.25, 0.3) is 16.9 Å². The maximum Gasteiger partial charge on any atom is 0.225 e. The van der Waals surface area contributed by atoms with Gasteiger partial charge in [0.15, 0.2) is 11.2 Å². The molecule has 1 aromatic carbocycles. The van der Waals surface area contributed by atoms with E-state index in [2.05, 4.69) is 30.5 Å². The molecule has 3 heterocycles. The van der Waals surface area contributed by atoms with E-state index in [0.29, 0.717) is 35.7 Å². The molecule has 4 N–H and O–H groups in total. The molecule has 1 aliphatic heterocycles. The van der Waals surface area contributed by atoms with Crippen molar-refractivity contribution in [2.24, 2.45) is 5.73 Å². The first-order valence-corrected chi connectivity index (χ1v) is 10.3. The lowest BCUT2D eigenvalue weighted by Gasteiger charge is -2.26. The summed E-state index contributed by atoms with van der Waals surface area (Å²) in [6, 6.07) is 8.78. The van der Waals surface area contributed by atoms with Crippen LogP contribution in [0.5, 0.6) is 0 Å². The molecule has 1 saturated carbocycles. The van der Waals surface area contributed by atoms with Crippen LogP contribution in [0.2, 0.25) is 0 Å². The molecule has 5 rings (SSSR count). The van der Waals surface area contributed by atoms with Gasteiger partial charge in [0.05, 0.1) is 18.0 Å². The minimum Gasteiger partial charge on any atom is -0.391 e. The number of aliphatic hydroxyl groups excluding tert-OH is 1. The van der Waals surface area contributed by atoms with Gasteiger partial charge in [0, 0.05) is 30.9 Å². The first-order valence-electron chi connectivity index (χ1n) is 10.3. The molecule has 0 radical (unpaired) electrons. The molecule has 0 bridgehead atoms. The second-order valence-electron chi connectivity index (χ2n) is 8.06. The van der Waals surface area contributed by atoms with Crippen LogP contribution in [0.4, 0.5) is 11.6 Å². The smallest absolute Gasteiger partial charge is 0.225 e. The molecule has 2 aliphatic rings. The Kier molecular flexibility index (Phi) is 4.76. The maximum absolute atomic E-state index is 9.75. The number of nitrogens with one attached hydrogen (secondary N) is 1. The van der Waals surface area contributed by atoms with E-state index in [1.54, 1.807) is 10.9 Å². The van der Waals surface area contributed by atoms with Gasteiger partial charge in [0.2, 0.25) is 5.95 Å². The van der Waals surface area contributed by atoms with Crippen molar-refractivity contribution in [2.45, 2.75) is 50.3 Å². The van der Waals surface area contributed by atoms with Crippen LogP contribution >= 0.6 is 0 Å². The second kappa shape index (κ2) is 7.57. The van der Waals surface area contributed by atoms with Gasteiger partial charge in [0.25, 0.3) is 0 Å². The zero-order chi connectivity index (χ0) is 19.8. The molecule has 1 aliphatic carbocycles. The summed E-state index contributed by atoms with van der Waals surface area (Å²) in [6.45, 7) is 1.56. The highest BCUT2D eigenvalue weighted by atomic mass is 16.3. The highest BCUT2D eigenvalue weighted by Crippen LogP contribution is 2.24. The van der Waals surface area contributed by atoms with Gasteiger partial charge in [-0.3, -0.25) is 0 Å². The van der Waals surface area contributed by atoms with E-state index in [4.69, 9.17) is 5.73 Å². The van der Waals surface area contributed by atoms with Gasteiger partial charge in [-0.1, -0.05) is 5.21 Å². The van der Waals surface area contributed by atoms with Crippen molar-refractivity contribution in [2.75, 3.05) is 23.3 Å². The van der Waals surface area contributed by atoms with Gasteiger partial charge in [-0.2, -0.15) is 9.67 Å². The third-order valence-corrected chi connectivity index (χ3v) is 5.92. The molecule has 0 amide bonds. The number of aliphatic hydroxyl groups is 1. The zero-order valence-electron chi connectivity index (χ0n) is 16.3. The third kappa shape index (κ3) is 3.75. The fourth-order valence-corrected chi connectivity index (χ4v) is 4.20. The molecule has 2 fully saturated rings. The monoisotopic (exact) mass is 394 g/mol. The largest absolute Gasteiger partial charge is 0.391 e. The fourth-order valence-electron chi connectivity index (χ4n) is 4.20. The summed E-state index contributed by atoms with van der Waals surface area (Å²) in [5, 5.41) is 21.7. The lowest BCUT2D eigenvalue weighted by Crippen LogP contribution is -2.33. The molecule has 0 unspecified atom stereocenters. The summed E-state index contributed by atoms with van der Waals surface area (Å²) in [4.78, 5) is 11.3. The molecule has 2 aromatic heterocycles. The number of nitrogens with two attached hydrogens (primary N) is 1. The van der Waals surface area contributed by atoms with Crippen molar-refractivity contribution >= 4 is 22.8 Å². The van der Waals surface area contributed by atoms with E-state index in [0.717, 1.165) is 50.0 Å². The van der Waals surface area contributed by atoms with Crippen molar-refractivity contribution in [3.05, 3.63) is 30.5 Å². The molecule has 1 saturated heterocycles. The zero-order valence-corrected chi connectivity index (χ0v) is 16.3. The summed E-state index contributed by atoms with van der Waals surface area (Å²) >= 11 is 0. The number of anilines is 2. The summed E-state index contributed by atoms with van der Waals surface area (Å²) in [7, 11) is 0. The molecule has 3 aromatic rings. The van der Waals surface area contributed by atoms with Crippen LogP contribution in [-0.2, 0) is 0 Å². The maximum atomic E-state index is 9.75. The van der Waals surface area contributed by atoms with E-state index in [-0.39, 0.29) is 6.10 Å². The van der Waals surface area contributed by atoms with Crippen molar-refractivity contribution in [1.82, 2.24) is 25.0 Å². The van der Waals surface area contributed by atoms with Crippen LogP contribution in [0.15, 0.2) is 30.5 Å². The number of benzene rings is 1. The van der Waals surface area contributed by atoms with Crippen LogP contribution in [0.1, 0.15) is 32.1 Å². The Morgan fingerprint density at radius 1 is 1.03 bits per heavy atom. The van der Waals surface area contributed by atoms with Gasteiger partial charge in [0.1, 0.15) is 0 Å². The Hall–Kier alpha value is -2.78. The topological polar surface area (TPSA) is 118 Å². The van der Waals surface area contributed by atoms with E-state index < -0.39 is 0 Å². The van der Waals surface area contributed by atoms with Gasteiger partial charge in [-0.15, -0.1) is 5.10 Å². The Labute approximate surface area is 168 Å². The number of β-amino-alcohol motifs (C(OH)–C–C–N with tert-alkyl or cyclic N) is 1. The molecular weight excluding hydrogens is 368 g/mol. The number of nitrogens with zero attached hydrogens (tertiary/aromatic N) is 6. The Morgan fingerprint density at radius 2 is 1.79 bits per heavy atom. The van der Waals surface area contributed by atoms with E-state index in [1.165, 1.54) is 0 Å². The summed E-state index contributed by atoms with van der Waals surface area (Å²) in [5.41, 5.74) is 9.33. The van der Waals surface area contributed by atoms with Gasteiger partial charge >= 0.3 is 0 Å². The number of hydrogen-bond acceptors (Lipinski definition) is 8. The standard InChI is InChI=1S/C20H26N8O/c21-13-1-3-14(4-2-13)23-20-22-11-18-19(24-20)28(26-25-18)16-7-5-15(6-8-16)27-10-9-17(29)12-27/h5-8,11,13-14,17,29H,1-4,9-10,12,21H2,(H,22,23,24)/t13-,14-,17-/m1/s1. The summed E-state index contributed by atoms with van der Waals surface area (Å²) in [5.74, 6) is 0.601. The lowest BCUT2D eigenvalue weighted by molar-refractivity contribution is 0.198. The Balaban J connectivity index is 1.37. The molecule has 1 atom stereocenters. The molecule has 152 valence electrons. The number of aromatic nitrogens is 5. The molecule has 0 spiro atoms. The third-order valence-electron chi connectivity index (χ3n) is 5.92. The predicted molar refractivity (Wildman–Crippen MR) is 111 cm³/mol. The predicted octanol–water partition coefficient (Wildman–Crippen LogP) is 1.46. The van der Waals surface area contributed by atoms with Crippen LogP contribution in [0, 0.1) is 0 Å². The van der Waals surface area contributed by atoms with E-state index in [9.17, 15) is 5.11 Å². The Bertz CT molecular complexity index is 980. The van der Waals surface area contributed by atoms with Crippen LogP contribution in [-0.4, -0.2) is 61.3 Å². The van der Waals surface area contributed by atoms with Crippen molar-refractivity contribution in [1.29, 1.82) is 0 Å². The normalized spacial score (nSPS) is 24.9. The molecule has 9 nitrogen and oxygen atoms in total. The second-order valence-corrected chi connectivity index (χ2v) is 8.06. The number of fused-ring (bicyclic) bond motifs is 1. The summed E-state index contributed by atoms with van der Waals surface area (Å²) < 4.78 is 1.74. The van der Waals surface area contributed by atoms with Gasteiger partial charge in [-0.25, -0.2) is 4.98 Å². The number of hydrogen-bond donors (Lipinski definition) is 3. The average Bonchev–Trinajstić information content (AvgIpc) is 3.36. The number of rotatable bonds is 4. The van der Waals surface area contributed by atoms with Crippen LogP contribution < -0.4 is 16.0 Å². The fraction of sp³-hybridized carbons (Fsp3) is 0.500. The molecule has 9 heteroatoms. The van der Waals surface area contributed by atoms with Gasteiger partial charge < -0.3 is 21.1 Å². The van der Waals surface area contributed by atoms with E-state index in [1.807, 2.05) is 24.3 Å². The highest BCUT2D eigenvalue weighted by Gasteiger charge is 2.21. The van der Waals surface area contributed by atoms with Gasteiger partial charge in [-0.05, 0) is 56.4 Å². The molecule has 29 heavy (non-hydrogen) atoms. The van der Waals surface area contributed by atoms with Crippen LogP contribution in [0.3, 0.4) is 0 Å². The van der Waals surface area contributed by atoms with Crippen molar-refractivity contribution < 1.29 is 5.11 Å². The Morgan fingerprint density at radius 3 is 2.52 bits per heavy atom. The first-order chi connectivity index (χ1) is 14.2. The highest BCUT2D eigenvalue weighted by molar-refractivity contribution is 5.72. The SMILES string of the molecule is N[C@H]1CC[C@H](Nc2ncc3nnn(-c4ccc(N5CC[C@@H](O)C5)cc4)c3n2)CC1. The minimum atomic E-state index is -0.239.